The van der Waals surface area contributed by atoms with Gasteiger partial charge in [-0.25, -0.2) is 18.1 Å². The molecule has 3 rings (SSSR count). The molecule has 2 aromatic heterocycles. The SMILES string of the molecule is Cc1nc(S(=O)(=O)N2CCC[C@H](n3ncc(N(C)C(C)C)cc3=O)C2)cn1C. The van der Waals surface area contributed by atoms with Crippen LogP contribution in [0.15, 0.2) is 28.3 Å². The molecule has 1 fully saturated rings. The summed E-state index contributed by atoms with van der Waals surface area (Å²) in [5.74, 6) is 0.634. The number of nitrogens with zero attached hydrogens (tertiary/aromatic N) is 6. The largest absolute Gasteiger partial charge is 0.371 e. The molecule has 0 bridgehead atoms. The van der Waals surface area contributed by atoms with Gasteiger partial charge in [-0.15, -0.1) is 0 Å². The topological polar surface area (TPSA) is 93.3 Å². The summed E-state index contributed by atoms with van der Waals surface area (Å²) < 4.78 is 30.4. The number of aromatic nitrogens is 4. The Bertz CT molecular complexity index is 991. The third-order valence-corrected chi connectivity index (χ3v) is 7.13. The summed E-state index contributed by atoms with van der Waals surface area (Å²) in [6, 6.07) is 1.51. The van der Waals surface area contributed by atoms with Gasteiger partial charge in [-0.05, 0) is 33.6 Å². The van der Waals surface area contributed by atoms with Crippen molar-refractivity contribution >= 4 is 15.7 Å². The van der Waals surface area contributed by atoms with Crippen molar-refractivity contribution in [2.24, 2.45) is 7.05 Å². The number of sulfonamides is 1. The van der Waals surface area contributed by atoms with Gasteiger partial charge in [0, 0.05) is 45.5 Å². The number of rotatable bonds is 5. The van der Waals surface area contributed by atoms with E-state index in [4.69, 9.17) is 0 Å². The molecular weight excluding hydrogens is 380 g/mol. The lowest BCUT2D eigenvalue weighted by Crippen LogP contribution is -2.43. The monoisotopic (exact) mass is 408 g/mol. The Hall–Kier alpha value is -2.20. The van der Waals surface area contributed by atoms with Crippen molar-refractivity contribution < 1.29 is 8.42 Å². The zero-order valence-electron chi connectivity index (χ0n) is 17.0. The van der Waals surface area contributed by atoms with Gasteiger partial charge < -0.3 is 9.47 Å². The Morgan fingerprint density at radius 2 is 2.04 bits per heavy atom. The summed E-state index contributed by atoms with van der Waals surface area (Å²) in [5.41, 5.74) is 0.531. The molecule has 1 aliphatic rings. The van der Waals surface area contributed by atoms with Crippen LogP contribution in [-0.4, -0.2) is 58.2 Å². The van der Waals surface area contributed by atoms with Crippen LogP contribution >= 0.6 is 0 Å². The van der Waals surface area contributed by atoms with E-state index in [1.807, 2.05) is 25.8 Å². The Morgan fingerprint density at radius 3 is 2.61 bits per heavy atom. The van der Waals surface area contributed by atoms with Gasteiger partial charge >= 0.3 is 0 Å². The number of anilines is 1. The van der Waals surface area contributed by atoms with E-state index in [2.05, 4.69) is 10.1 Å². The normalized spacial score (nSPS) is 18.6. The Balaban J connectivity index is 1.84. The quantitative estimate of drug-likeness (QED) is 0.737. The minimum absolute atomic E-state index is 0.0439. The summed E-state index contributed by atoms with van der Waals surface area (Å²) in [5, 5.41) is 4.38. The molecule has 1 atom stereocenters. The van der Waals surface area contributed by atoms with Crippen molar-refractivity contribution in [1.82, 2.24) is 23.6 Å². The third kappa shape index (κ3) is 3.83. The first-order valence-corrected chi connectivity index (χ1v) is 10.9. The molecule has 10 heteroatoms. The van der Waals surface area contributed by atoms with Crippen LogP contribution in [0.2, 0.25) is 0 Å². The first kappa shape index (κ1) is 20.5. The molecule has 0 saturated carbocycles. The Morgan fingerprint density at radius 1 is 1.32 bits per heavy atom. The smallest absolute Gasteiger partial charge is 0.269 e. The highest BCUT2D eigenvalue weighted by Crippen LogP contribution is 2.25. The van der Waals surface area contributed by atoms with Crippen molar-refractivity contribution in [2.75, 3.05) is 25.0 Å². The van der Waals surface area contributed by atoms with Crippen LogP contribution in [0.5, 0.6) is 0 Å². The van der Waals surface area contributed by atoms with E-state index in [9.17, 15) is 13.2 Å². The molecule has 0 amide bonds. The lowest BCUT2D eigenvalue weighted by molar-refractivity contribution is 0.247. The van der Waals surface area contributed by atoms with Crippen LogP contribution < -0.4 is 10.5 Å². The van der Waals surface area contributed by atoms with Crippen LogP contribution in [0.4, 0.5) is 5.69 Å². The highest BCUT2D eigenvalue weighted by Gasteiger charge is 2.33. The average molecular weight is 409 g/mol. The van der Waals surface area contributed by atoms with Gasteiger partial charge in [0.15, 0.2) is 5.03 Å². The number of hydrogen-bond acceptors (Lipinski definition) is 6. The zero-order valence-corrected chi connectivity index (χ0v) is 17.8. The highest BCUT2D eigenvalue weighted by atomic mass is 32.2. The molecule has 28 heavy (non-hydrogen) atoms. The predicted molar refractivity (Wildman–Crippen MR) is 107 cm³/mol. The van der Waals surface area contributed by atoms with E-state index in [0.29, 0.717) is 25.2 Å². The summed E-state index contributed by atoms with van der Waals surface area (Å²) in [6.07, 6.45) is 4.56. The summed E-state index contributed by atoms with van der Waals surface area (Å²) >= 11 is 0. The van der Waals surface area contributed by atoms with Gasteiger partial charge in [0.1, 0.15) is 5.82 Å². The van der Waals surface area contributed by atoms with Crippen LogP contribution in [0, 0.1) is 6.92 Å². The first-order chi connectivity index (χ1) is 13.1. The van der Waals surface area contributed by atoms with Gasteiger partial charge in [-0.1, -0.05) is 0 Å². The summed E-state index contributed by atoms with van der Waals surface area (Å²) in [6.45, 7) is 6.46. The van der Waals surface area contributed by atoms with E-state index in [1.54, 1.807) is 30.8 Å². The van der Waals surface area contributed by atoms with E-state index in [0.717, 1.165) is 5.69 Å². The minimum Gasteiger partial charge on any atom is -0.371 e. The average Bonchev–Trinajstić information content (AvgIpc) is 3.00. The fourth-order valence-electron chi connectivity index (χ4n) is 3.30. The maximum atomic E-state index is 13.0. The Labute approximate surface area is 165 Å². The van der Waals surface area contributed by atoms with E-state index >= 15 is 0 Å². The zero-order chi connectivity index (χ0) is 20.6. The van der Waals surface area contributed by atoms with Crippen LogP contribution in [0.3, 0.4) is 0 Å². The maximum Gasteiger partial charge on any atom is 0.269 e. The van der Waals surface area contributed by atoms with Crippen LogP contribution in [-0.2, 0) is 17.1 Å². The van der Waals surface area contributed by atoms with Crippen molar-refractivity contribution in [3.63, 3.8) is 0 Å². The number of aryl methyl sites for hydroxylation is 2. The first-order valence-electron chi connectivity index (χ1n) is 9.43. The van der Waals surface area contributed by atoms with Gasteiger partial charge in [-0.2, -0.15) is 9.40 Å². The highest BCUT2D eigenvalue weighted by molar-refractivity contribution is 7.89. The Kier molecular flexibility index (Phi) is 5.62. The second-order valence-corrected chi connectivity index (χ2v) is 9.48. The van der Waals surface area contributed by atoms with Gasteiger partial charge in [-0.3, -0.25) is 4.79 Å². The molecule has 0 aromatic carbocycles. The molecule has 1 aliphatic heterocycles. The lowest BCUT2D eigenvalue weighted by Gasteiger charge is -2.32. The lowest BCUT2D eigenvalue weighted by atomic mass is 10.1. The van der Waals surface area contributed by atoms with Crippen LogP contribution in [0.1, 0.15) is 38.6 Å². The van der Waals surface area contributed by atoms with Crippen molar-refractivity contribution in [3.05, 3.63) is 34.6 Å². The van der Waals surface area contributed by atoms with Gasteiger partial charge in [0.2, 0.25) is 0 Å². The molecule has 0 aliphatic carbocycles. The number of hydrogen-bond donors (Lipinski definition) is 0. The molecule has 0 spiro atoms. The predicted octanol–water partition coefficient (Wildman–Crippen LogP) is 1.16. The summed E-state index contributed by atoms with van der Waals surface area (Å²) in [7, 11) is -0.0249. The fraction of sp³-hybridized carbons (Fsp3) is 0.611. The molecule has 154 valence electrons. The van der Waals surface area contributed by atoms with E-state index in [1.165, 1.54) is 15.2 Å². The molecule has 9 nitrogen and oxygen atoms in total. The minimum atomic E-state index is -3.70. The van der Waals surface area contributed by atoms with E-state index < -0.39 is 10.0 Å². The molecule has 0 radical (unpaired) electrons. The van der Waals surface area contributed by atoms with Crippen molar-refractivity contribution in [2.45, 2.75) is 50.7 Å². The van der Waals surface area contributed by atoms with Gasteiger partial charge in [0.25, 0.3) is 15.6 Å². The van der Waals surface area contributed by atoms with E-state index in [-0.39, 0.29) is 29.2 Å². The molecule has 1 saturated heterocycles. The standard InChI is InChI=1S/C18H28N6O3S/c1-13(2)22(5)16-9-18(25)24(19-10-16)15-7-6-8-23(11-15)28(26,27)17-12-21(4)14(3)20-17/h9-10,12-13,15H,6-8,11H2,1-5H3/t15-/m0/s1. The molecule has 3 heterocycles. The van der Waals surface area contributed by atoms with Crippen molar-refractivity contribution in [1.29, 1.82) is 0 Å². The molecule has 0 unspecified atom stereocenters. The summed E-state index contributed by atoms with van der Waals surface area (Å²) in [4.78, 5) is 18.8. The third-order valence-electron chi connectivity index (χ3n) is 5.39. The molecule has 0 N–H and O–H groups in total. The number of imidazole rings is 1. The van der Waals surface area contributed by atoms with Crippen LogP contribution in [0.25, 0.3) is 0 Å². The number of piperidine rings is 1. The maximum absolute atomic E-state index is 13.0. The second-order valence-electron chi connectivity index (χ2n) is 7.60. The fourth-order valence-corrected chi connectivity index (χ4v) is 4.84. The van der Waals surface area contributed by atoms with Gasteiger partial charge in [0.05, 0.1) is 17.9 Å². The van der Waals surface area contributed by atoms with Crippen molar-refractivity contribution in [3.8, 4) is 0 Å². The molecular formula is C18H28N6O3S. The second kappa shape index (κ2) is 7.67. The molecule has 2 aromatic rings.